The van der Waals surface area contributed by atoms with Crippen LogP contribution in [0.25, 0.3) is 0 Å². The maximum absolute atomic E-state index is 7.56. The van der Waals surface area contributed by atoms with Crippen molar-refractivity contribution in [1.82, 2.24) is 0 Å². The standard InChI is InChI=1S/2C7H7.CH3NOS.Zn/c2*1-7-5-3-2-4-6-7;2-1(3)4;/h2*2-6H,1H2;(H3,2,3,4);. The van der Waals surface area contributed by atoms with Crippen molar-refractivity contribution in [2.24, 2.45) is 5.73 Å². The zero-order chi connectivity index (χ0) is 13.9. The van der Waals surface area contributed by atoms with Crippen molar-refractivity contribution < 1.29 is 22.2 Å². The van der Waals surface area contributed by atoms with Crippen molar-refractivity contribution in [2.75, 3.05) is 0 Å². The molecule has 0 bridgehead atoms. The van der Waals surface area contributed by atoms with Gasteiger partial charge >= 0.3 is 98.9 Å². The van der Waals surface area contributed by atoms with E-state index in [2.05, 4.69) is 78.6 Å². The SMILES string of the molecule is NC(O)=S.c1ccc([CH2][Zn][CH2]c2ccccc2)cc1. The summed E-state index contributed by atoms with van der Waals surface area (Å²) < 4.78 is 0. The minimum absolute atomic E-state index is 0.411. The molecule has 0 aliphatic heterocycles. The first-order valence-electron chi connectivity index (χ1n) is 6.24. The molecule has 2 aromatic rings. The monoisotopic (exact) mass is 323 g/mol. The molecule has 0 aliphatic rings. The number of aliphatic hydroxyl groups is 1. The molecule has 19 heavy (non-hydrogen) atoms. The molecule has 0 heterocycles. The molecule has 0 aliphatic carbocycles. The van der Waals surface area contributed by atoms with Gasteiger partial charge in [-0.15, -0.1) is 0 Å². The van der Waals surface area contributed by atoms with Crippen molar-refractivity contribution in [3.63, 3.8) is 0 Å². The summed E-state index contributed by atoms with van der Waals surface area (Å²) in [5.74, 6) is 0. The first-order chi connectivity index (χ1) is 9.18. The van der Waals surface area contributed by atoms with E-state index in [1.54, 1.807) is 0 Å². The molecule has 0 unspecified atom stereocenters. The fraction of sp³-hybridized carbons (Fsp3) is 0.133. The molecular formula is C15H17NOSZn. The molecule has 0 spiro atoms. The summed E-state index contributed by atoms with van der Waals surface area (Å²) in [7, 11) is 0. The number of rotatable bonds is 4. The van der Waals surface area contributed by atoms with Gasteiger partial charge in [0, 0.05) is 0 Å². The van der Waals surface area contributed by atoms with Gasteiger partial charge in [-0.3, -0.25) is 0 Å². The number of thiocarbonyl (C=S) groups is 1. The van der Waals surface area contributed by atoms with Gasteiger partial charge in [0.1, 0.15) is 0 Å². The third-order valence-corrected chi connectivity index (χ3v) is 6.52. The second kappa shape index (κ2) is 9.65. The Hall–Kier alpha value is -1.25. The summed E-state index contributed by atoms with van der Waals surface area (Å²) in [4.78, 5) is 0. The fourth-order valence-electron chi connectivity index (χ4n) is 1.79. The molecule has 0 fully saturated rings. The van der Waals surface area contributed by atoms with Gasteiger partial charge in [0.2, 0.25) is 0 Å². The molecule has 3 N–H and O–H groups in total. The molecule has 0 radical (unpaired) electrons. The van der Waals surface area contributed by atoms with Gasteiger partial charge in [-0.2, -0.15) is 0 Å². The molecule has 0 aromatic heterocycles. The molecular weight excluding hydrogens is 308 g/mol. The first kappa shape index (κ1) is 15.8. The second-order valence-corrected chi connectivity index (χ2v) is 8.16. The van der Waals surface area contributed by atoms with E-state index >= 15 is 0 Å². The summed E-state index contributed by atoms with van der Waals surface area (Å²) in [5, 5.41) is 9.79. The van der Waals surface area contributed by atoms with Crippen molar-refractivity contribution >= 4 is 17.4 Å². The molecule has 0 saturated heterocycles. The van der Waals surface area contributed by atoms with Crippen molar-refractivity contribution in [3.05, 3.63) is 71.8 Å². The van der Waals surface area contributed by atoms with E-state index in [9.17, 15) is 0 Å². The second-order valence-electron chi connectivity index (χ2n) is 4.16. The van der Waals surface area contributed by atoms with Gasteiger partial charge in [0.15, 0.2) is 0 Å². The van der Waals surface area contributed by atoms with Crippen LogP contribution in [0.2, 0.25) is 0 Å². The Bertz CT molecular complexity index is 433. The van der Waals surface area contributed by atoms with Crippen LogP contribution in [-0.4, -0.2) is 10.3 Å². The summed E-state index contributed by atoms with van der Waals surface area (Å²) in [6.45, 7) is 0. The topological polar surface area (TPSA) is 46.2 Å². The number of hydrogen-bond acceptors (Lipinski definition) is 1. The molecule has 0 saturated carbocycles. The van der Waals surface area contributed by atoms with Crippen LogP contribution in [0.15, 0.2) is 60.7 Å². The Balaban J connectivity index is 0.000000399. The average molecular weight is 325 g/mol. The maximum atomic E-state index is 7.56. The third-order valence-electron chi connectivity index (χ3n) is 2.62. The van der Waals surface area contributed by atoms with Crippen molar-refractivity contribution in [3.8, 4) is 0 Å². The molecule has 2 rings (SSSR count). The van der Waals surface area contributed by atoms with Crippen LogP contribution in [0, 0.1) is 0 Å². The van der Waals surface area contributed by atoms with E-state index in [1.807, 2.05) is 0 Å². The van der Waals surface area contributed by atoms with E-state index in [0.717, 1.165) is 0 Å². The molecule has 4 heteroatoms. The Kier molecular flexibility index (Phi) is 8.03. The van der Waals surface area contributed by atoms with Gasteiger partial charge in [-0.05, 0) is 12.2 Å². The molecule has 0 atom stereocenters. The number of benzene rings is 2. The van der Waals surface area contributed by atoms with Crippen LogP contribution < -0.4 is 5.73 Å². The van der Waals surface area contributed by atoms with Crippen molar-refractivity contribution in [2.45, 2.75) is 10.0 Å². The molecule has 2 nitrogen and oxygen atoms in total. The number of nitrogens with two attached hydrogens (primary N) is 1. The van der Waals surface area contributed by atoms with Crippen LogP contribution in [0.4, 0.5) is 0 Å². The average Bonchev–Trinajstić information content (AvgIpc) is 2.41. The van der Waals surface area contributed by atoms with E-state index in [0.29, 0.717) is 0 Å². The van der Waals surface area contributed by atoms with Gasteiger partial charge in [0.05, 0.1) is 0 Å². The minimum atomic E-state index is -0.500. The molecule has 0 amide bonds. The van der Waals surface area contributed by atoms with Crippen LogP contribution in [-0.2, 0) is 27.2 Å². The van der Waals surface area contributed by atoms with E-state index in [1.165, 1.54) is 21.2 Å². The van der Waals surface area contributed by atoms with Gasteiger partial charge in [-0.1, -0.05) is 0 Å². The zero-order valence-corrected chi connectivity index (χ0v) is 14.6. The first-order valence-corrected chi connectivity index (χ1v) is 10.8. The van der Waals surface area contributed by atoms with Crippen LogP contribution in [0.3, 0.4) is 0 Å². The van der Waals surface area contributed by atoms with E-state index < -0.39 is 22.3 Å². The Morgan fingerprint density at radius 3 is 1.53 bits per heavy atom. The molecule has 96 valence electrons. The normalized spacial score (nSPS) is 8.84. The summed E-state index contributed by atoms with van der Waals surface area (Å²) in [5.41, 5.74) is 7.44. The predicted octanol–water partition coefficient (Wildman–Crippen LogP) is 3.26. The number of hydrogen-bond donors (Lipinski definition) is 2. The van der Waals surface area contributed by atoms with Crippen LogP contribution in [0.5, 0.6) is 0 Å². The quantitative estimate of drug-likeness (QED) is 0.670. The zero-order valence-electron chi connectivity index (χ0n) is 10.8. The summed E-state index contributed by atoms with van der Waals surface area (Å²) >= 11 is 3.46. The van der Waals surface area contributed by atoms with Gasteiger partial charge < -0.3 is 10.8 Å². The van der Waals surface area contributed by atoms with Gasteiger partial charge in [0.25, 0.3) is 5.17 Å². The fourth-order valence-corrected chi connectivity index (χ4v) is 5.27. The van der Waals surface area contributed by atoms with Gasteiger partial charge in [-0.25, -0.2) is 0 Å². The Morgan fingerprint density at radius 2 is 1.21 bits per heavy atom. The predicted molar refractivity (Wildman–Crippen MR) is 79.7 cm³/mol. The van der Waals surface area contributed by atoms with Crippen LogP contribution >= 0.6 is 12.2 Å². The molecule has 2 aromatic carbocycles. The Labute approximate surface area is 127 Å². The third kappa shape index (κ3) is 8.47. The summed E-state index contributed by atoms with van der Waals surface area (Å²) in [6.07, 6.45) is 0. The summed E-state index contributed by atoms with van der Waals surface area (Å²) in [6, 6.07) is 21.7. The number of aliphatic hydroxyl groups excluding tert-OH is 1. The van der Waals surface area contributed by atoms with E-state index in [-0.39, 0.29) is 0 Å². The Morgan fingerprint density at radius 1 is 0.895 bits per heavy atom. The van der Waals surface area contributed by atoms with Crippen molar-refractivity contribution in [1.29, 1.82) is 0 Å². The van der Waals surface area contributed by atoms with E-state index in [4.69, 9.17) is 5.11 Å². The van der Waals surface area contributed by atoms with Crippen LogP contribution in [0.1, 0.15) is 11.1 Å².